The zero-order valence-electron chi connectivity index (χ0n) is 9.57. The van der Waals surface area contributed by atoms with E-state index < -0.39 is 5.60 Å². The van der Waals surface area contributed by atoms with Gasteiger partial charge in [0.1, 0.15) is 0 Å². The van der Waals surface area contributed by atoms with E-state index in [1.54, 1.807) is 18.7 Å². The van der Waals surface area contributed by atoms with Crippen LogP contribution in [-0.4, -0.2) is 46.3 Å². The highest BCUT2D eigenvalue weighted by atomic mass is 16.3. The molecule has 1 rings (SSSR count). The highest BCUT2D eigenvalue weighted by molar-refractivity contribution is 5.77. The number of aliphatic hydroxyl groups is 2. The molecule has 1 aliphatic heterocycles. The maximum Gasteiger partial charge on any atom is 0.225 e. The zero-order valence-corrected chi connectivity index (χ0v) is 9.57. The fourth-order valence-electron chi connectivity index (χ4n) is 1.96. The average Bonchev–Trinajstić information content (AvgIpc) is 2.50. The second-order valence-corrected chi connectivity index (χ2v) is 5.00. The summed E-state index contributed by atoms with van der Waals surface area (Å²) in [5, 5.41) is 18.3. The van der Waals surface area contributed by atoms with E-state index in [9.17, 15) is 9.90 Å². The minimum absolute atomic E-state index is 0.0166. The van der Waals surface area contributed by atoms with Gasteiger partial charge in [0, 0.05) is 19.7 Å². The van der Waals surface area contributed by atoms with E-state index in [4.69, 9.17) is 5.11 Å². The van der Waals surface area contributed by atoms with Crippen LogP contribution >= 0.6 is 0 Å². The molecule has 1 heterocycles. The van der Waals surface area contributed by atoms with E-state index >= 15 is 0 Å². The number of hydrogen-bond acceptors (Lipinski definition) is 3. The summed E-state index contributed by atoms with van der Waals surface area (Å²) in [4.78, 5) is 13.5. The number of aliphatic hydroxyl groups excluding tert-OH is 1. The molecule has 1 fully saturated rings. The highest BCUT2D eigenvalue weighted by Crippen LogP contribution is 2.21. The molecule has 1 unspecified atom stereocenters. The molecule has 0 saturated carbocycles. The molecular formula is C11H21NO3. The third-order valence-corrected chi connectivity index (χ3v) is 2.76. The van der Waals surface area contributed by atoms with Crippen molar-refractivity contribution in [3.8, 4) is 0 Å². The van der Waals surface area contributed by atoms with Crippen molar-refractivity contribution >= 4 is 5.91 Å². The molecule has 88 valence electrons. The summed E-state index contributed by atoms with van der Waals surface area (Å²) in [6.45, 7) is 4.98. The molecule has 1 amide bonds. The molecule has 2 N–H and O–H groups in total. The van der Waals surface area contributed by atoms with Crippen LogP contribution in [0.2, 0.25) is 0 Å². The third-order valence-electron chi connectivity index (χ3n) is 2.76. The topological polar surface area (TPSA) is 60.8 Å². The van der Waals surface area contributed by atoms with Crippen molar-refractivity contribution in [3.63, 3.8) is 0 Å². The van der Waals surface area contributed by atoms with Crippen LogP contribution in [0.3, 0.4) is 0 Å². The van der Waals surface area contributed by atoms with Crippen molar-refractivity contribution in [1.82, 2.24) is 4.90 Å². The van der Waals surface area contributed by atoms with Crippen LogP contribution in [0.5, 0.6) is 0 Å². The summed E-state index contributed by atoms with van der Waals surface area (Å²) in [6, 6.07) is 0. The first-order chi connectivity index (χ1) is 6.92. The number of hydrogen-bond donors (Lipinski definition) is 2. The second-order valence-electron chi connectivity index (χ2n) is 5.00. The van der Waals surface area contributed by atoms with Gasteiger partial charge >= 0.3 is 0 Å². The van der Waals surface area contributed by atoms with E-state index in [0.717, 1.165) is 25.9 Å². The standard InChI is InChI=1S/C11H21NO3/c1-11(2,15)7-10(14)12-5-3-9(8-12)4-6-13/h9,13,15H,3-8H2,1-2H3. The van der Waals surface area contributed by atoms with E-state index in [0.29, 0.717) is 5.92 Å². The Labute approximate surface area is 90.9 Å². The first kappa shape index (κ1) is 12.5. The Kier molecular flexibility index (Phi) is 4.11. The monoisotopic (exact) mass is 215 g/mol. The number of likely N-dealkylation sites (tertiary alicyclic amines) is 1. The third kappa shape index (κ3) is 4.18. The molecule has 1 atom stereocenters. The van der Waals surface area contributed by atoms with Crippen LogP contribution in [0.25, 0.3) is 0 Å². The van der Waals surface area contributed by atoms with E-state index in [-0.39, 0.29) is 18.9 Å². The van der Waals surface area contributed by atoms with Crippen LogP contribution in [0.1, 0.15) is 33.1 Å². The van der Waals surface area contributed by atoms with Crippen LogP contribution < -0.4 is 0 Å². The minimum Gasteiger partial charge on any atom is -0.396 e. The fraction of sp³-hybridized carbons (Fsp3) is 0.909. The first-order valence-electron chi connectivity index (χ1n) is 5.53. The first-order valence-corrected chi connectivity index (χ1v) is 5.53. The Morgan fingerprint density at radius 3 is 2.73 bits per heavy atom. The lowest BCUT2D eigenvalue weighted by Gasteiger charge is -2.22. The van der Waals surface area contributed by atoms with Gasteiger partial charge in [-0.25, -0.2) is 0 Å². The van der Waals surface area contributed by atoms with Crippen molar-refractivity contribution in [2.24, 2.45) is 5.92 Å². The average molecular weight is 215 g/mol. The van der Waals surface area contributed by atoms with Gasteiger partial charge in [0.2, 0.25) is 5.91 Å². The van der Waals surface area contributed by atoms with Gasteiger partial charge in [0.15, 0.2) is 0 Å². The lowest BCUT2D eigenvalue weighted by molar-refractivity contribution is -0.134. The number of rotatable bonds is 4. The van der Waals surface area contributed by atoms with Crippen molar-refractivity contribution in [2.75, 3.05) is 19.7 Å². The number of carbonyl (C=O) groups is 1. The lowest BCUT2D eigenvalue weighted by atomic mass is 10.0. The Bertz CT molecular complexity index is 222. The lowest BCUT2D eigenvalue weighted by Crippen LogP contribution is -2.35. The fourth-order valence-corrected chi connectivity index (χ4v) is 1.96. The molecule has 0 aliphatic carbocycles. The van der Waals surface area contributed by atoms with Gasteiger partial charge in [-0.1, -0.05) is 0 Å². The predicted octanol–water partition coefficient (Wildman–Crippen LogP) is 0.378. The molecule has 1 aliphatic rings. The number of nitrogens with zero attached hydrogens (tertiary/aromatic N) is 1. The molecule has 0 aromatic carbocycles. The smallest absolute Gasteiger partial charge is 0.225 e. The Morgan fingerprint density at radius 1 is 1.53 bits per heavy atom. The van der Waals surface area contributed by atoms with E-state index in [2.05, 4.69) is 0 Å². The molecular weight excluding hydrogens is 194 g/mol. The molecule has 4 heteroatoms. The van der Waals surface area contributed by atoms with Crippen molar-refractivity contribution in [3.05, 3.63) is 0 Å². The summed E-state index contributed by atoms with van der Waals surface area (Å²) in [5.74, 6) is 0.448. The van der Waals surface area contributed by atoms with Gasteiger partial charge in [-0.2, -0.15) is 0 Å². The molecule has 0 bridgehead atoms. The van der Waals surface area contributed by atoms with Gasteiger partial charge in [0.25, 0.3) is 0 Å². The molecule has 0 aromatic heterocycles. The van der Waals surface area contributed by atoms with Crippen LogP contribution in [0.4, 0.5) is 0 Å². The van der Waals surface area contributed by atoms with Gasteiger partial charge in [0.05, 0.1) is 12.0 Å². The molecule has 0 spiro atoms. The highest BCUT2D eigenvalue weighted by Gasteiger charge is 2.28. The van der Waals surface area contributed by atoms with Gasteiger partial charge in [-0.05, 0) is 32.6 Å². The molecule has 0 aromatic rings. The van der Waals surface area contributed by atoms with Crippen molar-refractivity contribution in [1.29, 1.82) is 0 Å². The summed E-state index contributed by atoms with van der Waals surface area (Å²) in [7, 11) is 0. The maximum absolute atomic E-state index is 11.7. The van der Waals surface area contributed by atoms with Crippen LogP contribution in [-0.2, 0) is 4.79 Å². The predicted molar refractivity (Wildman–Crippen MR) is 57.3 cm³/mol. The SMILES string of the molecule is CC(C)(O)CC(=O)N1CCC(CCO)C1. The quantitative estimate of drug-likeness (QED) is 0.712. The van der Waals surface area contributed by atoms with Gasteiger partial charge in [-0.15, -0.1) is 0 Å². The summed E-state index contributed by atoms with van der Waals surface area (Å²) in [6.07, 6.45) is 1.92. The van der Waals surface area contributed by atoms with Gasteiger partial charge < -0.3 is 15.1 Å². The van der Waals surface area contributed by atoms with Crippen LogP contribution in [0.15, 0.2) is 0 Å². The Morgan fingerprint density at radius 2 is 2.20 bits per heavy atom. The molecule has 1 saturated heterocycles. The normalized spacial score (nSPS) is 22.1. The van der Waals surface area contributed by atoms with Crippen molar-refractivity contribution in [2.45, 2.75) is 38.7 Å². The largest absolute Gasteiger partial charge is 0.396 e. The summed E-state index contributed by atoms with van der Waals surface area (Å²) in [5.41, 5.74) is -0.924. The number of carbonyl (C=O) groups excluding carboxylic acids is 1. The van der Waals surface area contributed by atoms with E-state index in [1.165, 1.54) is 0 Å². The zero-order chi connectivity index (χ0) is 11.5. The number of amides is 1. The maximum atomic E-state index is 11.7. The van der Waals surface area contributed by atoms with Gasteiger partial charge in [-0.3, -0.25) is 4.79 Å². The Balaban J connectivity index is 2.37. The summed E-state index contributed by atoms with van der Waals surface area (Å²) < 4.78 is 0. The molecule has 0 radical (unpaired) electrons. The second kappa shape index (κ2) is 4.94. The minimum atomic E-state index is -0.924. The Hall–Kier alpha value is -0.610. The van der Waals surface area contributed by atoms with E-state index in [1.807, 2.05) is 0 Å². The molecule has 4 nitrogen and oxygen atoms in total. The van der Waals surface area contributed by atoms with Crippen LogP contribution in [0, 0.1) is 5.92 Å². The molecule has 15 heavy (non-hydrogen) atoms. The summed E-state index contributed by atoms with van der Waals surface area (Å²) >= 11 is 0. The van der Waals surface area contributed by atoms with Crippen molar-refractivity contribution < 1.29 is 15.0 Å².